The average Bonchev–Trinajstić information content (AvgIpc) is 2.50. The van der Waals surface area contributed by atoms with Crippen LogP contribution in [-0.2, 0) is 4.79 Å². The number of rotatable bonds is 7. The van der Waals surface area contributed by atoms with Gasteiger partial charge >= 0.3 is 12.0 Å². The van der Waals surface area contributed by atoms with E-state index in [-0.39, 0.29) is 18.6 Å². The van der Waals surface area contributed by atoms with E-state index in [2.05, 4.69) is 10.6 Å². The number of carbonyl (C=O) groups is 2. The lowest BCUT2D eigenvalue weighted by molar-refractivity contribution is -0.149. The van der Waals surface area contributed by atoms with E-state index in [4.69, 9.17) is 0 Å². The van der Waals surface area contributed by atoms with Gasteiger partial charge in [0, 0.05) is 19.1 Å². The van der Waals surface area contributed by atoms with E-state index in [1.54, 1.807) is 0 Å². The second-order valence-electron chi connectivity index (χ2n) is 5.72. The molecule has 0 aromatic carbocycles. The maximum absolute atomic E-state index is 12.4. The van der Waals surface area contributed by atoms with Crippen LogP contribution in [0, 0.1) is 5.41 Å². The predicted octanol–water partition coefficient (Wildman–Crippen LogP) is 1.66. The highest BCUT2D eigenvalue weighted by atomic mass is 16.4. The Morgan fingerprint density at radius 2 is 1.81 bits per heavy atom. The molecule has 1 heterocycles. The molecule has 1 aliphatic rings. The van der Waals surface area contributed by atoms with E-state index >= 15 is 0 Å². The normalized spacial score (nSPS) is 16.5. The van der Waals surface area contributed by atoms with Crippen LogP contribution in [0.5, 0.6) is 0 Å². The highest BCUT2D eigenvalue weighted by Crippen LogP contribution is 2.25. The standard InChI is InChI=1S/C15H29N3O3/c1-4-15(5-2,13(19)20)11-17-14(21)18(6-3)12-7-9-16-10-8-12/h12,16H,4-11H2,1-3H3,(H,17,21)(H,19,20). The molecule has 1 rings (SSSR count). The zero-order valence-electron chi connectivity index (χ0n) is 13.4. The van der Waals surface area contributed by atoms with Gasteiger partial charge < -0.3 is 20.6 Å². The van der Waals surface area contributed by atoms with Crippen LogP contribution in [-0.4, -0.2) is 54.2 Å². The third-order valence-corrected chi connectivity index (χ3v) is 4.74. The fraction of sp³-hybridized carbons (Fsp3) is 0.867. The number of hydrogen-bond acceptors (Lipinski definition) is 3. The minimum Gasteiger partial charge on any atom is -0.481 e. The lowest BCUT2D eigenvalue weighted by Gasteiger charge is -2.35. The van der Waals surface area contributed by atoms with Crippen molar-refractivity contribution in [3.63, 3.8) is 0 Å². The van der Waals surface area contributed by atoms with Gasteiger partial charge in [-0.25, -0.2) is 4.79 Å². The highest BCUT2D eigenvalue weighted by molar-refractivity contribution is 5.78. The van der Waals surface area contributed by atoms with Crippen molar-refractivity contribution in [2.75, 3.05) is 26.2 Å². The van der Waals surface area contributed by atoms with Crippen LogP contribution < -0.4 is 10.6 Å². The number of aliphatic carboxylic acids is 1. The van der Waals surface area contributed by atoms with E-state index < -0.39 is 11.4 Å². The summed E-state index contributed by atoms with van der Waals surface area (Å²) in [4.78, 5) is 25.7. The topological polar surface area (TPSA) is 81.7 Å². The Bertz CT molecular complexity index is 350. The third kappa shape index (κ3) is 4.33. The van der Waals surface area contributed by atoms with Gasteiger partial charge in [0.1, 0.15) is 0 Å². The number of urea groups is 1. The zero-order valence-corrected chi connectivity index (χ0v) is 13.4. The maximum atomic E-state index is 12.4. The van der Waals surface area contributed by atoms with E-state index in [0.29, 0.717) is 19.4 Å². The first-order valence-electron chi connectivity index (χ1n) is 7.99. The minimum absolute atomic E-state index is 0.142. The lowest BCUT2D eigenvalue weighted by Crippen LogP contribution is -2.52. The van der Waals surface area contributed by atoms with Gasteiger partial charge in [0.05, 0.1) is 5.41 Å². The number of carbonyl (C=O) groups excluding carboxylic acids is 1. The molecule has 0 aromatic rings. The molecule has 21 heavy (non-hydrogen) atoms. The molecule has 122 valence electrons. The molecule has 6 heteroatoms. The number of amides is 2. The van der Waals surface area contributed by atoms with E-state index in [1.807, 2.05) is 25.7 Å². The summed E-state index contributed by atoms with van der Waals surface area (Å²) >= 11 is 0. The molecule has 1 fully saturated rings. The van der Waals surface area contributed by atoms with Crippen LogP contribution in [0.2, 0.25) is 0 Å². The van der Waals surface area contributed by atoms with E-state index in [0.717, 1.165) is 25.9 Å². The minimum atomic E-state index is -0.858. The molecule has 0 aliphatic carbocycles. The molecule has 1 saturated heterocycles. The number of piperidine rings is 1. The molecule has 0 radical (unpaired) electrons. The smallest absolute Gasteiger partial charge is 0.317 e. The van der Waals surface area contributed by atoms with Crippen molar-refractivity contribution >= 4 is 12.0 Å². The van der Waals surface area contributed by atoms with Gasteiger partial charge in [0.15, 0.2) is 0 Å². The lowest BCUT2D eigenvalue weighted by atomic mass is 9.82. The van der Waals surface area contributed by atoms with Crippen molar-refractivity contribution in [2.24, 2.45) is 5.41 Å². The fourth-order valence-electron chi connectivity index (χ4n) is 2.91. The number of carboxylic acid groups (broad SMARTS) is 1. The molecular weight excluding hydrogens is 270 g/mol. The summed E-state index contributed by atoms with van der Waals surface area (Å²) in [5, 5.41) is 15.5. The third-order valence-electron chi connectivity index (χ3n) is 4.74. The van der Waals surface area contributed by atoms with Crippen LogP contribution >= 0.6 is 0 Å². The predicted molar refractivity (Wildman–Crippen MR) is 82.3 cm³/mol. The molecule has 2 amide bonds. The second kappa shape index (κ2) is 8.22. The Morgan fingerprint density at radius 3 is 2.24 bits per heavy atom. The average molecular weight is 299 g/mol. The van der Waals surface area contributed by atoms with Crippen LogP contribution in [0.1, 0.15) is 46.5 Å². The Morgan fingerprint density at radius 1 is 1.24 bits per heavy atom. The van der Waals surface area contributed by atoms with Crippen molar-refractivity contribution in [1.82, 2.24) is 15.5 Å². The van der Waals surface area contributed by atoms with Crippen molar-refractivity contribution < 1.29 is 14.7 Å². The van der Waals surface area contributed by atoms with Crippen LogP contribution in [0.4, 0.5) is 4.79 Å². The van der Waals surface area contributed by atoms with Crippen LogP contribution in [0.3, 0.4) is 0 Å². The summed E-state index contributed by atoms with van der Waals surface area (Å²) < 4.78 is 0. The van der Waals surface area contributed by atoms with Gasteiger partial charge in [-0.15, -0.1) is 0 Å². The molecule has 0 atom stereocenters. The molecule has 0 aromatic heterocycles. The van der Waals surface area contributed by atoms with Crippen molar-refractivity contribution in [2.45, 2.75) is 52.5 Å². The second-order valence-corrected chi connectivity index (χ2v) is 5.72. The summed E-state index contributed by atoms with van der Waals surface area (Å²) in [6, 6.07) is 0.107. The fourth-order valence-corrected chi connectivity index (χ4v) is 2.91. The van der Waals surface area contributed by atoms with Gasteiger partial charge in [0.2, 0.25) is 0 Å². The number of hydrogen-bond donors (Lipinski definition) is 3. The van der Waals surface area contributed by atoms with E-state index in [1.165, 1.54) is 0 Å². The van der Waals surface area contributed by atoms with Crippen LogP contribution in [0.25, 0.3) is 0 Å². The zero-order chi connectivity index (χ0) is 15.9. The largest absolute Gasteiger partial charge is 0.481 e. The summed E-state index contributed by atoms with van der Waals surface area (Å²) in [6.07, 6.45) is 2.93. The molecule has 6 nitrogen and oxygen atoms in total. The SMILES string of the molecule is CCN(C(=O)NCC(CC)(CC)C(=O)O)C1CCNCC1. The first-order valence-corrected chi connectivity index (χ1v) is 7.99. The quantitative estimate of drug-likeness (QED) is 0.668. The Balaban J connectivity index is 2.63. The summed E-state index contributed by atoms with van der Waals surface area (Å²) in [5.74, 6) is -0.835. The molecule has 1 aliphatic heterocycles. The first-order chi connectivity index (χ1) is 10.0. The van der Waals surface area contributed by atoms with Crippen molar-refractivity contribution in [3.8, 4) is 0 Å². The number of nitrogens with zero attached hydrogens (tertiary/aromatic N) is 1. The maximum Gasteiger partial charge on any atom is 0.317 e. The van der Waals surface area contributed by atoms with Crippen molar-refractivity contribution in [1.29, 1.82) is 0 Å². The number of carboxylic acids is 1. The molecular formula is C15H29N3O3. The van der Waals surface area contributed by atoms with Crippen molar-refractivity contribution in [3.05, 3.63) is 0 Å². The highest BCUT2D eigenvalue weighted by Gasteiger charge is 2.36. The summed E-state index contributed by atoms with van der Waals surface area (Å²) in [6.45, 7) is 8.37. The monoisotopic (exact) mass is 299 g/mol. The summed E-state index contributed by atoms with van der Waals surface area (Å²) in [7, 11) is 0. The summed E-state index contributed by atoms with van der Waals surface area (Å²) in [5.41, 5.74) is -0.858. The van der Waals surface area contributed by atoms with E-state index in [9.17, 15) is 14.7 Å². The Kier molecular flexibility index (Phi) is 6.95. The molecule has 0 bridgehead atoms. The van der Waals surface area contributed by atoms with Gasteiger partial charge in [-0.05, 0) is 45.7 Å². The molecule has 0 unspecified atom stereocenters. The first kappa shape index (κ1) is 17.8. The Labute approximate surface area is 127 Å². The molecule has 0 spiro atoms. The van der Waals surface area contributed by atoms with Gasteiger partial charge in [0.25, 0.3) is 0 Å². The van der Waals surface area contributed by atoms with Gasteiger partial charge in [-0.3, -0.25) is 4.79 Å². The molecule has 0 saturated carbocycles. The molecule has 3 N–H and O–H groups in total. The number of nitrogens with one attached hydrogen (secondary N) is 2. The Hall–Kier alpha value is -1.30. The van der Waals surface area contributed by atoms with Gasteiger partial charge in [-0.1, -0.05) is 13.8 Å². The van der Waals surface area contributed by atoms with Crippen LogP contribution in [0.15, 0.2) is 0 Å². The van der Waals surface area contributed by atoms with Gasteiger partial charge in [-0.2, -0.15) is 0 Å².